The minimum absolute atomic E-state index is 0.288. The summed E-state index contributed by atoms with van der Waals surface area (Å²) < 4.78 is 8.33. The second-order valence-electron chi connectivity index (χ2n) is 4.37. The van der Waals surface area contributed by atoms with Crippen LogP contribution >= 0.6 is 15.9 Å². The van der Waals surface area contributed by atoms with Gasteiger partial charge in [0, 0.05) is 16.6 Å². The molecule has 0 aliphatic carbocycles. The van der Waals surface area contributed by atoms with Crippen LogP contribution < -0.4 is 10.5 Å². The molecule has 0 bridgehead atoms. The number of para-hydroxylation sites is 1. The molecule has 2 aromatic carbocycles. The molecule has 0 saturated carbocycles. The molecule has 1 heterocycles. The summed E-state index contributed by atoms with van der Waals surface area (Å²) in [6.45, 7) is 0.383. The molecule has 21 heavy (non-hydrogen) atoms. The van der Waals surface area contributed by atoms with E-state index >= 15 is 0 Å². The van der Waals surface area contributed by atoms with Crippen molar-refractivity contribution in [2.24, 2.45) is 5.73 Å². The summed E-state index contributed by atoms with van der Waals surface area (Å²) in [4.78, 5) is 4.16. The van der Waals surface area contributed by atoms with Crippen LogP contribution in [0.2, 0.25) is 0 Å². The highest BCUT2D eigenvalue weighted by Crippen LogP contribution is 2.26. The van der Waals surface area contributed by atoms with Crippen molar-refractivity contribution in [3.63, 3.8) is 0 Å². The van der Waals surface area contributed by atoms with Crippen LogP contribution in [0.15, 0.2) is 59.3 Å². The maximum Gasteiger partial charge on any atom is 0.341 e. The van der Waals surface area contributed by atoms with E-state index in [2.05, 4.69) is 26.0 Å². The molecule has 0 atom stereocenters. The van der Waals surface area contributed by atoms with Crippen LogP contribution in [0.3, 0.4) is 0 Å². The molecule has 5 nitrogen and oxygen atoms in total. The Kier molecular flexibility index (Phi) is 3.98. The van der Waals surface area contributed by atoms with Gasteiger partial charge in [-0.1, -0.05) is 34.1 Å². The molecular formula is C15H13BrN4O. The number of rotatable bonds is 4. The molecule has 106 valence electrons. The summed E-state index contributed by atoms with van der Waals surface area (Å²) in [7, 11) is 0. The monoisotopic (exact) mass is 344 g/mol. The zero-order valence-corrected chi connectivity index (χ0v) is 12.7. The highest BCUT2D eigenvalue weighted by molar-refractivity contribution is 9.10. The zero-order valence-electron chi connectivity index (χ0n) is 11.1. The molecule has 0 fully saturated rings. The molecule has 3 aromatic rings. The van der Waals surface area contributed by atoms with Crippen molar-refractivity contribution in [3.8, 4) is 17.4 Å². The number of hydrogen-bond acceptors (Lipinski definition) is 4. The van der Waals surface area contributed by atoms with Crippen LogP contribution in [0.5, 0.6) is 11.8 Å². The third kappa shape index (κ3) is 3.12. The molecule has 0 spiro atoms. The van der Waals surface area contributed by atoms with Gasteiger partial charge in [0.1, 0.15) is 12.1 Å². The molecule has 0 aliphatic rings. The van der Waals surface area contributed by atoms with E-state index in [1.54, 1.807) is 11.0 Å². The first-order valence-corrected chi connectivity index (χ1v) is 7.19. The second kappa shape index (κ2) is 6.07. The van der Waals surface area contributed by atoms with Gasteiger partial charge in [0.2, 0.25) is 0 Å². The number of hydrogen-bond donors (Lipinski definition) is 1. The molecular weight excluding hydrogens is 332 g/mol. The van der Waals surface area contributed by atoms with Crippen molar-refractivity contribution < 1.29 is 4.74 Å². The fourth-order valence-electron chi connectivity index (χ4n) is 1.91. The van der Waals surface area contributed by atoms with Gasteiger partial charge < -0.3 is 10.5 Å². The van der Waals surface area contributed by atoms with Gasteiger partial charge >= 0.3 is 6.01 Å². The zero-order chi connectivity index (χ0) is 14.7. The maximum absolute atomic E-state index is 5.72. The summed E-state index contributed by atoms with van der Waals surface area (Å²) in [5, 5.41) is 4.30. The number of halogens is 1. The Morgan fingerprint density at radius 2 is 1.95 bits per heavy atom. The van der Waals surface area contributed by atoms with Crippen molar-refractivity contribution in [2.75, 3.05) is 0 Å². The van der Waals surface area contributed by atoms with Crippen molar-refractivity contribution in [1.29, 1.82) is 0 Å². The van der Waals surface area contributed by atoms with Crippen LogP contribution in [-0.2, 0) is 6.54 Å². The van der Waals surface area contributed by atoms with E-state index in [0.717, 1.165) is 15.7 Å². The predicted molar refractivity (Wildman–Crippen MR) is 83.5 cm³/mol. The van der Waals surface area contributed by atoms with Gasteiger partial charge in [0.05, 0.1) is 5.69 Å². The molecule has 0 amide bonds. The average molecular weight is 345 g/mol. The Morgan fingerprint density at radius 3 is 2.71 bits per heavy atom. The van der Waals surface area contributed by atoms with E-state index in [-0.39, 0.29) is 6.01 Å². The van der Waals surface area contributed by atoms with Gasteiger partial charge in [-0.15, -0.1) is 5.10 Å². The highest BCUT2D eigenvalue weighted by Gasteiger charge is 2.08. The summed E-state index contributed by atoms with van der Waals surface area (Å²) in [5.41, 5.74) is 7.54. The highest BCUT2D eigenvalue weighted by atomic mass is 79.9. The third-order valence-corrected chi connectivity index (χ3v) is 3.43. The molecule has 0 saturated heterocycles. The Labute approximate surface area is 130 Å². The van der Waals surface area contributed by atoms with Crippen LogP contribution in [0, 0.1) is 0 Å². The average Bonchev–Trinajstić information content (AvgIpc) is 2.98. The first-order valence-electron chi connectivity index (χ1n) is 6.39. The van der Waals surface area contributed by atoms with Crippen LogP contribution in [0.25, 0.3) is 5.69 Å². The van der Waals surface area contributed by atoms with E-state index in [9.17, 15) is 0 Å². The molecule has 6 heteroatoms. The molecule has 3 rings (SSSR count). The Morgan fingerprint density at radius 1 is 1.14 bits per heavy atom. The summed E-state index contributed by atoms with van der Waals surface area (Å²) in [5.74, 6) is 0.659. The van der Waals surface area contributed by atoms with Gasteiger partial charge in [0.15, 0.2) is 0 Å². The van der Waals surface area contributed by atoms with Gasteiger partial charge in [-0.3, -0.25) is 0 Å². The first kappa shape index (κ1) is 13.8. The lowest BCUT2D eigenvalue weighted by Gasteiger charge is -2.07. The summed E-state index contributed by atoms with van der Waals surface area (Å²) in [6.07, 6.45) is 1.62. The first-order chi connectivity index (χ1) is 10.3. The van der Waals surface area contributed by atoms with Crippen LogP contribution in [-0.4, -0.2) is 14.8 Å². The number of nitrogens with two attached hydrogens (primary N) is 1. The Bertz CT molecular complexity index is 742. The third-order valence-electron chi connectivity index (χ3n) is 2.94. The van der Waals surface area contributed by atoms with E-state index < -0.39 is 0 Å². The second-order valence-corrected chi connectivity index (χ2v) is 5.28. The van der Waals surface area contributed by atoms with Gasteiger partial charge in [-0.05, 0) is 30.3 Å². The van der Waals surface area contributed by atoms with Crippen LogP contribution in [0.1, 0.15) is 5.56 Å². The van der Waals surface area contributed by atoms with E-state index in [1.165, 1.54) is 0 Å². The number of benzene rings is 2. The van der Waals surface area contributed by atoms with Gasteiger partial charge in [0.25, 0.3) is 0 Å². The number of nitrogens with zero attached hydrogens (tertiary/aromatic N) is 3. The molecule has 2 N–H and O–H groups in total. The van der Waals surface area contributed by atoms with Crippen LogP contribution in [0.4, 0.5) is 0 Å². The summed E-state index contributed by atoms with van der Waals surface area (Å²) in [6, 6.07) is 15.7. The molecule has 0 aliphatic heterocycles. The lowest BCUT2D eigenvalue weighted by atomic mass is 10.2. The molecule has 0 radical (unpaired) electrons. The van der Waals surface area contributed by atoms with E-state index in [1.807, 2.05) is 48.5 Å². The standard InChI is InChI=1S/C15H13BrN4O/c16-12-6-7-14(11(8-12)9-17)21-15-18-10-20(19-15)13-4-2-1-3-5-13/h1-8,10H,9,17H2. The molecule has 1 aromatic heterocycles. The number of aromatic nitrogens is 3. The van der Waals surface area contributed by atoms with E-state index in [0.29, 0.717) is 12.3 Å². The smallest absolute Gasteiger partial charge is 0.341 e. The minimum atomic E-state index is 0.288. The van der Waals surface area contributed by atoms with Gasteiger partial charge in [-0.25, -0.2) is 4.68 Å². The SMILES string of the molecule is NCc1cc(Br)ccc1Oc1ncn(-c2ccccc2)n1. The fraction of sp³-hybridized carbons (Fsp3) is 0.0667. The lowest BCUT2D eigenvalue weighted by molar-refractivity contribution is 0.436. The van der Waals surface area contributed by atoms with E-state index in [4.69, 9.17) is 10.5 Å². The topological polar surface area (TPSA) is 66.0 Å². The largest absolute Gasteiger partial charge is 0.423 e. The van der Waals surface area contributed by atoms with Crippen molar-refractivity contribution in [1.82, 2.24) is 14.8 Å². The normalized spacial score (nSPS) is 10.6. The maximum atomic E-state index is 5.72. The Hall–Kier alpha value is -2.18. The molecule has 0 unspecified atom stereocenters. The minimum Gasteiger partial charge on any atom is -0.423 e. The lowest BCUT2D eigenvalue weighted by Crippen LogP contribution is -2.00. The predicted octanol–water partition coefficient (Wildman–Crippen LogP) is 3.28. The fourth-order valence-corrected chi connectivity index (χ4v) is 2.31. The van der Waals surface area contributed by atoms with Crippen molar-refractivity contribution in [3.05, 3.63) is 64.9 Å². The Balaban J connectivity index is 1.85. The van der Waals surface area contributed by atoms with Crippen molar-refractivity contribution in [2.45, 2.75) is 6.54 Å². The summed E-state index contributed by atoms with van der Waals surface area (Å²) >= 11 is 3.41. The number of ether oxygens (including phenoxy) is 1. The van der Waals surface area contributed by atoms with Gasteiger partial charge in [-0.2, -0.15) is 4.98 Å². The quantitative estimate of drug-likeness (QED) is 0.788. The van der Waals surface area contributed by atoms with Crippen molar-refractivity contribution >= 4 is 15.9 Å².